The molecule has 2 aromatic rings. The van der Waals surface area contributed by atoms with E-state index in [1.807, 2.05) is 0 Å². The summed E-state index contributed by atoms with van der Waals surface area (Å²) in [4.78, 5) is 22.4. The molecule has 1 N–H and O–H groups in total. The Balaban J connectivity index is 1.75. The Morgan fingerprint density at radius 2 is 2.18 bits per heavy atom. The van der Waals surface area contributed by atoms with Gasteiger partial charge in [0.25, 0.3) is 5.91 Å². The van der Waals surface area contributed by atoms with Gasteiger partial charge in [-0.1, -0.05) is 12.8 Å². The highest BCUT2D eigenvalue weighted by molar-refractivity contribution is 5.94. The van der Waals surface area contributed by atoms with Gasteiger partial charge in [-0.05, 0) is 25.0 Å². The summed E-state index contributed by atoms with van der Waals surface area (Å²) in [6.07, 6.45) is 10.3. The van der Waals surface area contributed by atoms with E-state index in [1.54, 1.807) is 53.6 Å². The smallest absolute Gasteiger partial charge is 0.253 e. The Hall–Kier alpha value is -2.21. The average molecular weight is 300 g/mol. The molecule has 3 rings (SSSR count). The molecule has 0 spiro atoms. The summed E-state index contributed by atoms with van der Waals surface area (Å²) < 4.78 is 1.75. The first-order valence-corrected chi connectivity index (χ1v) is 7.50. The van der Waals surface area contributed by atoms with Crippen LogP contribution in [0.5, 0.6) is 0 Å². The maximum atomic E-state index is 12.6. The standard InChI is InChI=1S/C16H20N4O2/c1-19(11-16(22)5-2-3-6-16)15(21)13-4-7-18-14(10-13)20-9-8-17-12-20/h4,7-10,12,22H,2-3,5-6,11H2,1H3. The fourth-order valence-electron chi connectivity index (χ4n) is 3.01. The van der Waals surface area contributed by atoms with Crippen molar-refractivity contribution in [2.75, 3.05) is 13.6 Å². The van der Waals surface area contributed by atoms with Crippen molar-refractivity contribution >= 4 is 5.91 Å². The number of hydrogen-bond acceptors (Lipinski definition) is 4. The number of carbonyl (C=O) groups is 1. The van der Waals surface area contributed by atoms with Crippen LogP contribution in [-0.2, 0) is 0 Å². The van der Waals surface area contributed by atoms with Crippen molar-refractivity contribution in [3.8, 4) is 5.82 Å². The van der Waals surface area contributed by atoms with Gasteiger partial charge in [0.2, 0.25) is 0 Å². The molecule has 1 amide bonds. The lowest BCUT2D eigenvalue weighted by Crippen LogP contribution is -2.42. The van der Waals surface area contributed by atoms with Gasteiger partial charge >= 0.3 is 0 Å². The SMILES string of the molecule is CN(CC1(O)CCCC1)C(=O)c1ccnc(-n2ccnc2)c1. The molecule has 116 valence electrons. The summed E-state index contributed by atoms with van der Waals surface area (Å²) in [6, 6.07) is 3.43. The molecule has 2 heterocycles. The molecular weight excluding hydrogens is 280 g/mol. The number of likely N-dealkylation sites (N-methyl/N-ethyl adjacent to an activating group) is 1. The third-order valence-corrected chi connectivity index (χ3v) is 4.17. The van der Waals surface area contributed by atoms with Gasteiger partial charge < -0.3 is 10.0 Å². The summed E-state index contributed by atoms with van der Waals surface area (Å²) in [6.45, 7) is 0.370. The number of rotatable bonds is 4. The number of pyridine rings is 1. The molecule has 2 aromatic heterocycles. The van der Waals surface area contributed by atoms with E-state index >= 15 is 0 Å². The van der Waals surface area contributed by atoms with Crippen LogP contribution in [0.25, 0.3) is 5.82 Å². The second-order valence-corrected chi connectivity index (χ2v) is 5.97. The average Bonchev–Trinajstić information content (AvgIpc) is 3.18. The molecule has 1 fully saturated rings. The monoisotopic (exact) mass is 300 g/mol. The Morgan fingerprint density at radius 3 is 2.86 bits per heavy atom. The van der Waals surface area contributed by atoms with E-state index < -0.39 is 5.60 Å². The lowest BCUT2D eigenvalue weighted by atomic mass is 10.0. The Kier molecular flexibility index (Phi) is 3.94. The van der Waals surface area contributed by atoms with Crippen LogP contribution in [0, 0.1) is 0 Å². The van der Waals surface area contributed by atoms with Crippen LogP contribution in [0.15, 0.2) is 37.1 Å². The molecule has 1 saturated carbocycles. The van der Waals surface area contributed by atoms with Gasteiger partial charge in [-0.15, -0.1) is 0 Å². The van der Waals surface area contributed by atoms with Gasteiger partial charge in [0.05, 0.1) is 5.60 Å². The van der Waals surface area contributed by atoms with Gasteiger partial charge in [0.15, 0.2) is 0 Å². The van der Waals surface area contributed by atoms with E-state index in [0.717, 1.165) is 25.7 Å². The minimum absolute atomic E-state index is 0.107. The molecule has 0 unspecified atom stereocenters. The minimum Gasteiger partial charge on any atom is -0.388 e. The van der Waals surface area contributed by atoms with E-state index in [0.29, 0.717) is 17.9 Å². The van der Waals surface area contributed by atoms with Crippen LogP contribution in [0.2, 0.25) is 0 Å². The van der Waals surface area contributed by atoms with Crippen molar-refractivity contribution < 1.29 is 9.90 Å². The highest BCUT2D eigenvalue weighted by atomic mass is 16.3. The Morgan fingerprint density at radius 1 is 1.41 bits per heavy atom. The highest BCUT2D eigenvalue weighted by Gasteiger charge is 2.33. The van der Waals surface area contributed by atoms with Crippen LogP contribution in [0.1, 0.15) is 36.0 Å². The third-order valence-electron chi connectivity index (χ3n) is 4.17. The zero-order valence-electron chi connectivity index (χ0n) is 12.6. The number of aromatic nitrogens is 3. The number of imidazole rings is 1. The van der Waals surface area contributed by atoms with Crippen LogP contribution in [0.3, 0.4) is 0 Å². The fourth-order valence-corrected chi connectivity index (χ4v) is 3.01. The van der Waals surface area contributed by atoms with Crippen molar-refractivity contribution in [3.63, 3.8) is 0 Å². The summed E-state index contributed by atoms with van der Waals surface area (Å²) >= 11 is 0. The van der Waals surface area contributed by atoms with E-state index in [-0.39, 0.29) is 5.91 Å². The Bertz CT molecular complexity index is 648. The van der Waals surface area contributed by atoms with Crippen molar-refractivity contribution in [2.24, 2.45) is 0 Å². The largest absolute Gasteiger partial charge is 0.388 e. The lowest BCUT2D eigenvalue weighted by molar-refractivity contribution is 0.0157. The van der Waals surface area contributed by atoms with E-state index in [9.17, 15) is 9.90 Å². The number of carbonyl (C=O) groups excluding carboxylic acids is 1. The molecule has 0 saturated heterocycles. The van der Waals surface area contributed by atoms with Crippen molar-refractivity contribution in [1.82, 2.24) is 19.4 Å². The van der Waals surface area contributed by atoms with Crippen molar-refractivity contribution in [2.45, 2.75) is 31.3 Å². The summed E-state index contributed by atoms with van der Waals surface area (Å²) in [5.41, 5.74) is -0.173. The second-order valence-electron chi connectivity index (χ2n) is 5.97. The van der Waals surface area contributed by atoms with Crippen LogP contribution in [-0.4, -0.2) is 49.6 Å². The molecule has 0 radical (unpaired) electrons. The molecular formula is C16H20N4O2. The molecule has 0 aliphatic heterocycles. The molecule has 6 nitrogen and oxygen atoms in total. The first-order valence-electron chi connectivity index (χ1n) is 7.50. The van der Waals surface area contributed by atoms with Gasteiger partial charge in [0, 0.05) is 37.7 Å². The lowest BCUT2D eigenvalue weighted by Gasteiger charge is -2.28. The summed E-state index contributed by atoms with van der Waals surface area (Å²) in [5, 5.41) is 10.4. The van der Waals surface area contributed by atoms with Crippen LogP contribution >= 0.6 is 0 Å². The fraction of sp³-hybridized carbons (Fsp3) is 0.438. The van der Waals surface area contributed by atoms with E-state index in [2.05, 4.69) is 9.97 Å². The molecule has 6 heteroatoms. The number of hydrogen-bond donors (Lipinski definition) is 1. The zero-order valence-corrected chi connectivity index (χ0v) is 12.6. The molecule has 1 aliphatic rings. The summed E-state index contributed by atoms with van der Waals surface area (Å²) in [7, 11) is 1.73. The summed E-state index contributed by atoms with van der Waals surface area (Å²) in [5.74, 6) is 0.542. The van der Waals surface area contributed by atoms with Crippen molar-refractivity contribution in [1.29, 1.82) is 0 Å². The normalized spacial score (nSPS) is 16.6. The van der Waals surface area contributed by atoms with Gasteiger partial charge in [-0.25, -0.2) is 9.97 Å². The molecule has 0 atom stereocenters. The van der Waals surface area contributed by atoms with Gasteiger partial charge in [-0.2, -0.15) is 0 Å². The maximum Gasteiger partial charge on any atom is 0.253 e. The molecule has 22 heavy (non-hydrogen) atoms. The molecule has 0 aromatic carbocycles. The van der Waals surface area contributed by atoms with Crippen LogP contribution < -0.4 is 0 Å². The van der Waals surface area contributed by atoms with E-state index in [1.165, 1.54) is 0 Å². The van der Waals surface area contributed by atoms with Crippen molar-refractivity contribution in [3.05, 3.63) is 42.6 Å². The zero-order chi connectivity index (χ0) is 15.6. The number of nitrogens with zero attached hydrogens (tertiary/aromatic N) is 4. The first kappa shape index (κ1) is 14.7. The highest BCUT2D eigenvalue weighted by Crippen LogP contribution is 2.30. The predicted octanol–water partition coefficient (Wildman–Crippen LogP) is 1.64. The quantitative estimate of drug-likeness (QED) is 0.932. The topological polar surface area (TPSA) is 71.2 Å². The predicted molar refractivity (Wildman–Crippen MR) is 81.7 cm³/mol. The molecule has 1 aliphatic carbocycles. The van der Waals surface area contributed by atoms with Crippen LogP contribution in [0.4, 0.5) is 0 Å². The number of amides is 1. The van der Waals surface area contributed by atoms with Gasteiger partial charge in [0.1, 0.15) is 12.1 Å². The first-order chi connectivity index (χ1) is 10.6. The second kappa shape index (κ2) is 5.88. The van der Waals surface area contributed by atoms with Gasteiger partial charge in [-0.3, -0.25) is 9.36 Å². The maximum absolute atomic E-state index is 12.6. The number of aliphatic hydroxyl groups is 1. The van der Waals surface area contributed by atoms with E-state index in [4.69, 9.17) is 0 Å². The molecule has 0 bridgehead atoms. The Labute approximate surface area is 129 Å². The minimum atomic E-state index is -0.732. The third kappa shape index (κ3) is 3.01.